The highest BCUT2D eigenvalue weighted by atomic mass is 79.9. The van der Waals surface area contributed by atoms with Crippen molar-refractivity contribution in [1.82, 2.24) is 10.2 Å². The fourth-order valence-electron chi connectivity index (χ4n) is 2.57. The first-order valence-electron chi connectivity index (χ1n) is 6.55. The van der Waals surface area contributed by atoms with Crippen molar-refractivity contribution >= 4 is 22.8 Å². The van der Waals surface area contributed by atoms with E-state index in [0.29, 0.717) is 6.04 Å². The summed E-state index contributed by atoms with van der Waals surface area (Å²) in [4.78, 5) is 14.2. The van der Waals surface area contributed by atoms with Crippen LogP contribution < -0.4 is 5.32 Å². The van der Waals surface area contributed by atoms with E-state index in [1.807, 2.05) is 13.0 Å². The van der Waals surface area contributed by atoms with Gasteiger partial charge in [-0.2, -0.15) is 0 Å². The number of carbonyl (C=O) groups is 1. The number of hydrogen-bond acceptors (Lipinski definition) is 5. The minimum atomic E-state index is -0.0794. The van der Waals surface area contributed by atoms with Gasteiger partial charge in [0.25, 0.3) is 0 Å². The third-order valence-corrected chi connectivity index (χ3v) is 3.58. The second kappa shape index (κ2) is 7.38. The molecule has 2 heterocycles. The smallest absolute Gasteiger partial charge is 0.204 e. The zero-order valence-electron chi connectivity index (χ0n) is 11.7. The summed E-state index contributed by atoms with van der Waals surface area (Å²) < 4.78 is 10.8. The lowest BCUT2D eigenvalue weighted by molar-refractivity contribution is -0.129. The van der Waals surface area contributed by atoms with Crippen LogP contribution in [0, 0.1) is 0 Å². The van der Waals surface area contributed by atoms with Crippen LogP contribution in [0.2, 0.25) is 0 Å². The van der Waals surface area contributed by atoms with Gasteiger partial charge in [-0.1, -0.05) is 6.92 Å². The number of nitrogens with zero attached hydrogens (tertiary/aromatic N) is 1. The topological polar surface area (TPSA) is 50.8 Å². The molecule has 3 atom stereocenters. The Bertz CT molecular complexity index is 337. The zero-order valence-corrected chi connectivity index (χ0v) is 13.4. The Morgan fingerprint density at radius 2 is 2.26 bits per heavy atom. The minimum Gasteiger partial charge on any atom is -0.366 e. The maximum atomic E-state index is 12.1. The molecule has 0 aromatic rings. The molecule has 0 aliphatic carbocycles. The quantitative estimate of drug-likeness (QED) is 0.837. The summed E-state index contributed by atoms with van der Waals surface area (Å²) in [5.74, 6) is 0.0514. The molecular weight excluding hydrogens is 312 g/mol. The number of Topliss-reactive ketones (excluding diaryl/α,β-unsaturated/α-hetero) is 1. The number of methoxy groups -OCH3 is 1. The summed E-state index contributed by atoms with van der Waals surface area (Å²) >= 11 is 0. The van der Waals surface area contributed by atoms with Gasteiger partial charge in [-0.15, -0.1) is 17.0 Å². The van der Waals surface area contributed by atoms with Gasteiger partial charge >= 0.3 is 0 Å². The molecule has 2 rings (SSSR count). The molecule has 0 radical (unpaired) electrons. The standard InChI is InChI=1S/C13H22N2O3.BrH/c1-4-10-6-14-7-13(17-3)15(10)11-5-9(2)18-8-12(11)16;/h5,9-10,13-14H,4,6-8H2,1-3H3;1H. The molecule has 1 saturated heterocycles. The summed E-state index contributed by atoms with van der Waals surface area (Å²) in [6.07, 6.45) is 2.80. The lowest BCUT2D eigenvalue weighted by atomic mass is 10.0. The van der Waals surface area contributed by atoms with E-state index >= 15 is 0 Å². The number of carbonyl (C=O) groups excluding carboxylic acids is 1. The van der Waals surface area contributed by atoms with Crippen LogP contribution in [0.25, 0.3) is 0 Å². The van der Waals surface area contributed by atoms with Crippen molar-refractivity contribution in [1.29, 1.82) is 0 Å². The van der Waals surface area contributed by atoms with Gasteiger partial charge < -0.3 is 19.7 Å². The van der Waals surface area contributed by atoms with E-state index in [9.17, 15) is 4.79 Å². The average molecular weight is 335 g/mol. The predicted molar refractivity (Wildman–Crippen MR) is 78.4 cm³/mol. The van der Waals surface area contributed by atoms with Crippen LogP contribution in [0.1, 0.15) is 20.3 Å². The Hall–Kier alpha value is -0.430. The third-order valence-electron chi connectivity index (χ3n) is 3.58. The van der Waals surface area contributed by atoms with Crippen molar-refractivity contribution in [2.24, 2.45) is 0 Å². The van der Waals surface area contributed by atoms with E-state index in [0.717, 1.165) is 25.2 Å². The molecule has 110 valence electrons. The largest absolute Gasteiger partial charge is 0.366 e. The van der Waals surface area contributed by atoms with Crippen LogP contribution in [0.4, 0.5) is 0 Å². The number of rotatable bonds is 3. The van der Waals surface area contributed by atoms with Gasteiger partial charge in [0.1, 0.15) is 12.8 Å². The highest BCUT2D eigenvalue weighted by Gasteiger charge is 2.35. The van der Waals surface area contributed by atoms with Crippen molar-refractivity contribution in [3.63, 3.8) is 0 Å². The number of ketones is 1. The highest BCUT2D eigenvalue weighted by Crippen LogP contribution is 2.23. The number of nitrogens with one attached hydrogen (secondary N) is 1. The molecule has 2 aliphatic rings. The lowest BCUT2D eigenvalue weighted by Crippen LogP contribution is -2.58. The number of piperazine rings is 1. The molecule has 0 aromatic heterocycles. The van der Waals surface area contributed by atoms with E-state index < -0.39 is 0 Å². The molecule has 19 heavy (non-hydrogen) atoms. The second-order valence-corrected chi connectivity index (χ2v) is 4.81. The van der Waals surface area contributed by atoms with Gasteiger partial charge in [0, 0.05) is 26.2 Å². The SMILES string of the molecule is Br.CCC1CNCC(OC)N1C1=CC(C)OCC1=O. The number of halogens is 1. The first kappa shape index (κ1) is 16.6. The van der Waals surface area contributed by atoms with Crippen molar-refractivity contribution < 1.29 is 14.3 Å². The van der Waals surface area contributed by atoms with Gasteiger partial charge in [-0.05, 0) is 19.4 Å². The molecule has 0 amide bonds. The molecule has 0 bridgehead atoms. The number of hydrogen-bond donors (Lipinski definition) is 1. The van der Waals surface area contributed by atoms with Crippen LogP contribution in [-0.4, -0.2) is 55.9 Å². The van der Waals surface area contributed by atoms with Gasteiger partial charge in [0.15, 0.2) is 0 Å². The van der Waals surface area contributed by atoms with Crippen LogP contribution in [0.5, 0.6) is 0 Å². The molecule has 3 unspecified atom stereocenters. The van der Waals surface area contributed by atoms with E-state index in [1.54, 1.807) is 7.11 Å². The second-order valence-electron chi connectivity index (χ2n) is 4.81. The summed E-state index contributed by atoms with van der Waals surface area (Å²) in [6.45, 7) is 5.88. The summed E-state index contributed by atoms with van der Waals surface area (Å²) in [6, 6.07) is 0.296. The Labute approximate surface area is 125 Å². The molecule has 0 saturated carbocycles. The first-order chi connectivity index (χ1) is 8.67. The van der Waals surface area contributed by atoms with Crippen molar-refractivity contribution in [2.45, 2.75) is 38.6 Å². The van der Waals surface area contributed by atoms with E-state index in [-0.39, 0.29) is 41.7 Å². The normalized spacial score (nSPS) is 31.7. The molecule has 1 N–H and O–H groups in total. The zero-order chi connectivity index (χ0) is 13.1. The molecule has 5 nitrogen and oxygen atoms in total. The van der Waals surface area contributed by atoms with E-state index in [1.165, 1.54) is 0 Å². The van der Waals surface area contributed by atoms with Crippen LogP contribution >= 0.6 is 17.0 Å². The lowest BCUT2D eigenvalue weighted by Gasteiger charge is -2.44. The molecule has 1 fully saturated rings. The number of ether oxygens (including phenoxy) is 2. The van der Waals surface area contributed by atoms with Crippen molar-refractivity contribution in [3.8, 4) is 0 Å². The van der Waals surface area contributed by atoms with Crippen LogP contribution in [0.15, 0.2) is 11.8 Å². The van der Waals surface area contributed by atoms with Crippen molar-refractivity contribution in [2.75, 3.05) is 26.8 Å². The fraction of sp³-hybridized carbons (Fsp3) is 0.769. The predicted octanol–water partition coefficient (Wildman–Crippen LogP) is 1.09. The van der Waals surface area contributed by atoms with E-state index in [2.05, 4.69) is 17.1 Å². The summed E-state index contributed by atoms with van der Waals surface area (Å²) in [5, 5.41) is 3.35. The Morgan fingerprint density at radius 1 is 1.53 bits per heavy atom. The molecule has 0 spiro atoms. The first-order valence-corrected chi connectivity index (χ1v) is 6.55. The van der Waals surface area contributed by atoms with Crippen LogP contribution in [-0.2, 0) is 14.3 Å². The minimum absolute atomic E-state index is 0. The Balaban J connectivity index is 0.00000180. The molecular formula is C13H23BrN2O3. The van der Waals surface area contributed by atoms with Gasteiger partial charge in [-0.25, -0.2) is 0 Å². The molecule has 0 aromatic carbocycles. The average Bonchev–Trinajstić information content (AvgIpc) is 2.40. The highest BCUT2D eigenvalue weighted by molar-refractivity contribution is 8.93. The Kier molecular flexibility index (Phi) is 6.46. The monoisotopic (exact) mass is 334 g/mol. The summed E-state index contributed by atoms with van der Waals surface area (Å²) in [5.41, 5.74) is 0.758. The van der Waals surface area contributed by atoms with Crippen molar-refractivity contribution in [3.05, 3.63) is 11.8 Å². The fourth-order valence-corrected chi connectivity index (χ4v) is 2.57. The third kappa shape index (κ3) is 3.56. The van der Waals surface area contributed by atoms with Crippen LogP contribution in [0.3, 0.4) is 0 Å². The Morgan fingerprint density at radius 3 is 2.89 bits per heavy atom. The van der Waals surface area contributed by atoms with Gasteiger partial charge in [0.2, 0.25) is 5.78 Å². The summed E-state index contributed by atoms with van der Waals surface area (Å²) in [7, 11) is 1.69. The molecule has 6 heteroatoms. The van der Waals surface area contributed by atoms with Gasteiger partial charge in [0.05, 0.1) is 11.8 Å². The van der Waals surface area contributed by atoms with Gasteiger partial charge in [-0.3, -0.25) is 4.79 Å². The van der Waals surface area contributed by atoms with E-state index in [4.69, 9.17) is 9.47 Å². The maximum Gasteiger partial charge on any atom is 0.204 e. The molecule has 2 aliphatic heterocycles. The maximum absolute atomic E-state index is 12.1.